The van der Waals surface area contributed by atoms with E-state index in [0.29, 0.717) is 16.9 Å². The molecule has 2 aromatic carbocycles. The quantitative estimate of drug-likeness (QED) is 0.170. The van der Waals surface area contributed by atoms with Crippen molar-refractivity contribution in [2.24, 2.45) is 0 Å². The van der Waals surface area contributed by atoms with Gasteiger partial charge in [0.1, 0.15) is 12.3 Å². The monoisotopic (exact) mass is 584 g/mol. The van der Waals surface area contributed by atoms with Crippen molar-refractivity contribution in [3.8, 4) is 0 Å². The van der Waals surface area contributed by atoms with Crippen LogP contribution >= 0.6 is 0 Å². The Morgan fingerprint density at radius 1 is 0.976 bits per heavy atom. The number of nitrogens with zero attached hydrogens (tertiary/aromatic N) is 2. The molecular formula is C30H27F3N2O5S. The average molecular weight is 585 g/mol. The van der Waals surface area contributed by atoms with E-state index in [4.69, 9.17) is 17.7 Å². The number of likely N-dealkylation sites (N-methyl/N-ethyl adjacent to an activating group) is 1. The predicted molar refractivity (Wildman–Crippen MR) is 149 cm³/mol. The highest BCUT2D eigenvalue weighted by Gasteiger charge is 2.37. The molecule has 11 heteroatoms. The molecule has 7 nitrogen and oxygen atoms in total. The Morgan fingerprint density at radius 2 is 1.63 bits per heavy atom. The lowest BCUT2D eigenvalue weighted by Crippen LogP contribution is -2.37. The van der Waals surface area contributed by atoms with Gasteiger partial charge in [-0.3, -0.25) is 4.79 Å². The number of Topliss-reactive ketones (excluding diaryl/α,β-unsaturated/α-hetero) is 1. The second kappa shape index (κ2) is 11.7. The number of methoxy groups -OCH3 is 1. The number of anilines is 1. The topological polar surface area (TPSA) is 90.6 Å². The molecule has 0 amide bonds. The lowest BCUT2D eigenvalue weighted by Gasteiger charge is -2.30. The van der Waals surface area contributed by atoms with Crippen LogP contribution in [-0.4, -0.2) is 37.9 Å². The number of carbonyl (C=O) groups is 1. The first-order valence-electron chi connectivity index (χ1n) is 12.7. The minimum atomic E-state index is -6.09. The third-order valence-electron chi connectivity index (χ3n) is 6.63. The Labute approximate surface area is 235 Å². The SMILES string of the molecule is CCN1/C(=C/C2=C(OC)C(=C\c3ccc4ccccc4[n+]3CC)/C2=O)C=Cc2ccccc21.O=S(=O)([O-])C(F)(F)F. The second-order valence-corrected chi connectivity index (χ2v) is 10.4. The van der Waals surface area contributed by atoms with Crippen LogP contribution in [0, 0.1) is 0 Å². The number of aromatic nitrogens is 1. The molecule has 0 radical (unpaired) electrons. The number of allylic oxidation sites excluding steroid dienone is 4. The van der Waals surface area contributed by atoms with Gasteiger partial charge in [0.2, 0.25) is 17.0 Å². The fraction of sp³-hybridized carbons (Fsp3) is 0.200. The molecule has 0 atom stereocenters. The number of rotatable bonds is 5. The highest BCUT2D eigenvalue weighted by molar-refractivity contribution is 7.86. The number of ketones is 1. The van der Waals surface area contributed by atoms with Gasteiger partial charge in [-0.1, -0.05) is 36.4 Å². The molecule has 0 N–H and O–H groups in total. The first-order valence-corrected chi connectivity index (χ1v) is 14.1. The van der Waals surface area contributed by atoms with E-state index in [2.05, 4.69) is 71.9 Å². The highest BCUT2D eigenvalue weighted by Crippen LogP contribution is 2.37. The molecule has 1 aliphatic carbocycles. The summed E-state index contributed by atoms with van der Waals surface area (Å²) >= 11 is 0. The molecule has 2 heterocycles. The van der Waals surface area contributed by atoms with E-state index in [9.17, 15) is 18.0 Å². The third-order valence-corrected chi connectivity index (χ3v) is 7.20. The molecule has 41 heavy (non-hydrogen) atoms. The van der Waals surface area contributed by atoms with Gasteiger partial charge in [-0.15, -0.1) is 0 Å². The fourth-order valence-corrected chi connectivity index (χ4v) is 4.73. The van der Waals surface area contributed by atoms with E-state index < -0.39 is 15.6 Å². The summed E-state index contributed by atoms with van der Waals surface area (Å²) in [4.78, 5) is 15.4. The number of fused-ring (bicyclic) bond motifs is 2. The molecule has 1 aliphatic heterocycles. The maximum atomic E-state index is 13.2. The molecule has 2 aliphatic rings. The van der Waals surface area contributed by atoms with Gasteiger partial charge < -0.3 is 14.2 Å². The summed E-state index contributed by atoms with van der Waals surface area (Å²) in [7, 11) is -4.46. The van der Waals surface area contributed by atoms with Crippen molar-refractivity contribution in [2.75, 3.05) is 18.6 Å². The zero-order chi connectivity index (χ0) is 29.9. The minimum Gasteiger partial charge on any atom is -0.741 e. The van der Waals surface area contributed by atoms with Crippen molar-refractivity contribution in [3.05, 3.63) is 107 Å². The maximum absolute atomic E-state index is 13.2. The van der Waals surface area contributed by atoms with Crippen LogP contribution in [0.15, 0.2) is 95.4 Å². The summed E-state index contributed by atoms with van der Waals surface area (Å²) in [6.45, 7) is 5.86. The maximum Gasteiger partial charge on any atom is 0.485 e. The standard InChI is InChI=1S/C29H27N2O2.CHF3O3S/c1-4-30-22(16-14-20-10-6-8-12-26(20)30)18-24-28(32)25(29(24)33-3)19-23-17-15-21-11-7-9-13-27(21)31(23)5-2;2-1(3,4)8(5,6)7/h6-19H,4-5H2,1-3H3;(H,5,6,7)/q+1;/p-1. The van der Waals surface area contributed by atoms with Gasteiger partial charge in [-0.05, 0) is 49.8 Å². The number of benzene rings is 2. The molecule has 5 rings (SSSR count). The number of ether oxygens (including phenoxy) is 1. The van der Waals surface area contributed by atoms with Gasteiger partial charge in [0, 0.05) is 41.5 Å². The Hall–Kier alpha value is -4.22. The number of carbonyl (C=O) groups excluding carboxylic acids is 1. The summed E-state index contributed by atoms with van der Waals surface area (Å²) < 4.78 is 66.8. The summed E-state index contributed by atoms with van der Waals surface area (Å²) in [5.41, 5.74) is 1.04. The first kappa shape index (κ1) is 29.8. The highest BCUT2D eigenvalue weighted by atomic mass is 32.2. The van der Waals surface area contributed by atoms with Crippen LogP contribution in [0.3, 0.4) is 0 Å². The molecule has 0 unspecified atom stereocenters. The number of pyridine rings is 1. The largest absolute Gasteiger partial charge is 0.741 e. The Bertz CT molecular complexity index is 1740. The van der Waals surface area contributed by atoms with Crippen LogP contribution in [0.25, 0.3) is 23.1 Å². The molecule has 3 aromatic rings. The van der Waals surface area contributed by atoms with Crippen molar-refractivity contribution in [1.29, 1.82) is 0 Å². The van der Waals surface area contributed by atoms with E-state index in [1.807, 2.05) is 36.4 Å². The van der Waals surface area contributed by atoms with Crippen molar-refractivity contribution < 1.29 is 40.2 Å². The summed E-state index contributed by atoms with van der Waals surface area (Å²) in [6.07, 6.45) is 8.06. The minimum absolute atomic E-state index is 0.0125. The van der Waals surface area contributed by atoms with E-state index in [1.54, 1.807) is 7.11 Å². The lowest BCUT2D eigenvalue weighted by molar-refractivity contribution is -0.669. The normalized spacial score (nSPS) is 17.0. The van der Waals surface area contributed by atoms with Crippen LogP contribution in [0.5, 0.6) is 0 Å². The van der Waals surface area contributed by atoms with E-state index >= 15 is 0 Å². The predicted octanol–water partition coefficient (Wildman–Crippen LogP) is 5.50. The summed E-state index contributed by atoms with van der Waals surface area (Å²) in [6, 6.07) is 20.8. The van der Waals surface area contributed by atoms with Gasteiger partial charge in [0.25, 0.3) is 0 Å². The van der Waals surface area contributed by atoms with E-state index in [0.717, 1.165) is 35.7 Å². The van der Waals surface area contributed by atoms with Crippen LogP contribution in [0.1, 0.15) is 25.1 Å². The second-order valence-electron chi connectivity index (χ2n) is 9.00. The van der Waals surface area contributed by atoms with E-state index in [1.165, 1.54) is 10.9 Å². The number of alkyl halides is 3. The smallest absolute Gasteiger partial charge is 0.485 e. The number of para-hydroxylation sites is 2. The zero-order valence-electron chi connectivity index (χ0n) is 22.5. The fourth-order valence-electron chi connectivity index (χ4n) is 4.73. The average Bonchev–Trinajstić information content (AvgIpc) is 2.94. The number of halogens is 3. The molecule has 0 spiro atoms. The van der Waals surface area contributed by atoms with Gasteiger partial charge >= 0.3 is 5.51 Å². The zero-order valence-corrected chi connectivity index (χ0v) is 23.3. The summed E-state index contributed by atoms with van der Waals surface area (Å²) in [5, 5.41) is 1.18. The molecule has 1 aromatic heterocycles. The molecule has 0 bridgehead atoms. The van der Waals surface area contributed by atoms with Crippen LogP contribution in [-0.2, 0) is 26.2 Å². The Kier molecular flexibility index (Phi) is 8.50. The van der Waals surface area contributed by atoms with Crippen molar-refractivity contribution >= 4 is 44.6 Å². The molecular weight excluding hydrogens is 557 g/mol. The van der Waals surface area contributed by atoms with Crippen molar-refractivity contribution in [2.45, 2.75) is 25.9 Å². The lowest BCUT2D eigenvalue weighted by atomic mass is 9.86. The number of hydrogen-bond acceptors (Lipinski definition) is 6. The number of aryl methyl sites for hydroxylation is 1. The van der Waals surface area contributed by atoms with Crippen LogP contribution < -0.4 is 9.47 Å². The molecule has 0 fully saturated rings. The van der Waals surface area contributed by atoms with Crippen molar-refractivity contribution in [1.82, 2.24) is 0 Å². The molecule has 214 valence electrons. The number of hydrogen-bond donors (Lipinski definition) is 0. The molecule has 0 saturated carbocycles. The van der Waals surface area contributed by atoms with E-state index in [-0.39, 0.29) is 5.78 Å². The van der Waals surface area contributed by atoms with Gasteiger partial charge in [0.05, 0.1) is 18.3 Å². The van der Waals surface area contributed by atoms with Gasteiger partial charge in [-0.2, -0.15) is 17.7 Å². The van der Waals surface area contributed by atoms with Crippen LogP contribution in [0.4, 0.5) is 18.9 Å². The Morgan fingerprint density at radius 3 is 2.27 bits per heavy atom. The first-order chi connectivity index (χ1) is 19.4. The summed E-state index contributed by atoms with van der Waals surface area (Å²) in [5.74, 6) is 0.657. The Balaban J connectivity index is 0.000000426. The molecule has 0 saturated heterocycles. The van der Waals surface area contributed by atoms with Crippen LogP contribution in [0.2, 0.25) is 0 Å². The van der Waals surface area contributed by atoms with Gasteiger partial charge in [0.15, 0.2) is 10.1 Å². The van der Waals surface area contributed by atoms with Crippen molar-refractivity contribution in [3.63, 3.8) is 0 Å². The third kappa shape index (κ3) is 5.96. The van der Waals surface area contributed by atoms with Gasteiger partial charge in [-0.25, -0.2) is 8.42 Å².